The van der Waals surface area contributed by atoms with Crippen molar-refractivity contribution < 1.29 is 9.53 Å². The maximum Gasteiger partial charge on any atom is 0.420 e. The number of hydrogen-bond acceptors (Lipinski definition) is 4. The van der Waals surface area contributed by atoms with Crippen LogP contribution in [0.1, 0.15) is 45.2 Å². The van der Waals surface area contributed by atoms with Crippen LogP contribution in [0.25, 0.3) is 0 Å². The minimum atomic E-state index is -0.580. The van der Waals surface area contributed by atoms with Gasteiger partial charge in [-0.15, -0.1) is 0 Å². The standard InChI is InChI=1S/C21H27N3O2/c1-21(2,3)26-20(25)24(16-10-6-5-7-11-16)19-17(12-8-14-22-19)18-13-9-15-23(18)4/h5-8,10-12,14,18H,9,13,15H2,1-4H3. The van der Waals surface area contributed by atoms with Crippen LogP contribution in [0.5, 0.6) is 0 Å². The molecule has 138 valence electrons. The number of benzene rings is 1. The van der Waals surface area contributed by atoms with Crippen molar-refractivity contribution in [3.8, 4) is 0 Å². The number of likely N-dealkylation sites (tertiary alicyclic amines) is 1. The highest BCUT2D eigenvalue weighted by atomic mass is 16.6. The first kappa shape index (κ1) is 18.4. The highest BCUT2D eigenvalue weighted by Crippen LogP contribution is 2.38. The molecule has 1 aromatic carbocycles. The van der Waals surface area contributed by atoms with Crippen LogP contribution in [-0.4, -0.2) is 35.2 Å². The van der Waals surface area contributed by atoms with Gasteiger partial charge in [0.15, 0.2) is 0 Å². The number of carbonyl (C=O) groups excluding carboxylic acids is 1. The zero-order chi connectivity index (χ0) is 18.7. The Morgan fingerprint density at radius 1 is 1.19 bits per heavy atom. The largest absolute Gasteiger partial charge is 0.443 e. The summed E-state index contributed by atoms with van der Waals surface area (Å²) in [7, 11) is 2.12. The Morgan fingerprint density at radius 2 is 1.92 bits per heavy atom. The minimum Gasteiger partial charge on any atom is -0.443 e. The predicted molar refractivity (Wildman–Crippen MR) is 104 cm³/mol. The second-order valence-electron chi connectivity index (χ2n) is 7.71. The predicted octanol–water partition coefficient (Wildman–Crippen LogP) is 4.92. The molecule has 5 nitrogen and oxygen atoms in total. The molecule has 1 fully saturated rings. The van der Waals surface area contributed by atoms with E-state index in [1.807, 2.05) is 57.2 Å². The summed E-state index contributed by atoms with van der Waals surface area (Å²) in [5, 5.41) is 0. The molecule has 1 saturated heterocycles. The first-order valence-electron chi connectivity index (χ1n) is 9.10. The monoisotopic (exact) mass is 353 g/mol. The number of nitrogens with zero attached hydrogens (tertiary/aromatic N) is 3. The summed E-state index contributed by atoms with van der Waals surface area (Å²) < 4.78 is 5.69. The maximum absolute atomic E-state index is 13.1. The molecule has 26 heavy (non-hydrogen) atoms. The van der Waals surface area contributed by atoms with Gasteiger partial charge in [0.1, 0.15) is 11.4 Å². The number of amides is 1. The minimum absolute atomic E-state index is 0.257. The van der Waals surface area contributed by atoms with Gasteiger partial charge in [-0.25, -0.2) is 14.7 Å². The molecule has 5 heteroatoms. The van der Waals surface area contributed by atoms with E-state index >= 15 is 0 Å². The van der Waals surface area contributed by atoms with Gasteiger partial charge < -0.3 is 4.74 Å². The molecular formula is C21H27N3O2. The fourth-order valence-electron chi connectivity index (χ4n) is 3.36. The van der Waals surface area contributed by atoms with E-state index in [0.29, 0.717) is 5.82 Å². The average Bonchev–Trinajstić information content (AvgIpc) is 3.01. The van der Waals surface area contributed by atoms with E-state index in [2.05, 4.69) is 23.0 Å². The van der Waals surface area contributed by atoms with Gasteiger partial charge in [0.25, 0.3) is 0 Å². The fraction of sp³-hybridized carbons (Fsp3) is 0.429. The van der Waals surface area contributed by atoms with Crippen molar-refractivity contribution >= 4 is 17.6 Å². The van der Waals surface area contributed by atoms with Gasteiger partial charge in [-0.1, -0.05) is 24.3 Å². The number of rotatable bonds is 3. The molecule has 2 aromatic rings. The third kappa shape index (κ3) is 4.05. The van der Waals surface area contributed by atoms with E-state index in [1.54, 1.807) is 11.1 Å². The van der Waals surface area contributed by atoms with E-state index in [9.17, 15) is 4.79 Å². The third-order valence-corrected chi connectivity index (χ3v) is 4.50. The first-order valence-corrected chi connectivity index (χ1v) is 9.10. The number of hydrogen-bond donors (Lipinski definition) is 0. The highest BCUT2D eigenvalue weighted by Gasteiger charge is 2.32. The molecule has 1 aliphatic heterocycles. The van der Waals surface area contributed by atoms with Crippen LogP contribution in [0.3, 0.4) is 0 Å². The molecular weight excluding hydrogens is 326 g/mol. The lowest BCUT2D eigenvalue weighted by atomic mass is 10.0. The Labute approximate surface area is 155 Å². The second-order valence-corrected chi connectivity index (χ2v) is 7.71. The van der Waals surface area contributed by atoms with Gasteiger partial charge >= 0.3 is 6.09 Å². The Morgan fingerprint density at radius 3 is 2.54 bits per heavy atom. The Bertz CT molecular complexity index is 755. The Balaban J connectivity index is 2.07. The molecule has 3 rings (SSSR count). The quantitative estimate of drug-likeness (QED) is 0.785. The average molecular weight is 353 g/mol. The number of carbonyl (C=O) groups is 1. The van der Waals surface area contributed by atoms with Crippen molar-refractivity contribution in [3.05, 3.63) is 54.2 Å². The first-order chi connectivity index (χ1) is 12.4. The molecule has 1 aromatic heterocycles. The van der Waals surface area contributed by atoms with Crippen molar-refractivity contribution in [1.29, 1.82) is 0 Å². The van der Waals surface area contributed by atoms with E-state index < -0.39 is 11.7 Å². The van der Waals surface area contributed by atoms with Crippen molar-refractivity contribution in [3.63, 3.8) is 0 Å². The van der Waals surface area contributed by atoms with Gasteiger partial charge in [0, 0.05) is 17.8 Å². The summed E-state index contributed by atoms with van der Waals surface area (Å²) in [4.78, 5) is 21.6. The Hall–Kier alpha value is -2.40. The zero-order valence-corrected chi connectivity index (χ0v) is 16.0. The second kappa shape index (κ2) is 7.46. The topological polar surface area (TPSA) is 45.7 Å². The van der Waals surface area contributed by atoms with Crippen LogP contribution in [0.15, 0.2) is 48.7 Å². The SMILES string of the molecule is CN1CCCC1c1cccnc1N(C(=O)OC(C)(C)C)c1ccccc1. The zero-order valence-electron chi connectivity index (χ0n) is 16.0. The van der Waals surface area contributed by atoms with E-state index in [-0.39, 0.29) is 6.04 Å². The fourth-order valence-corrected chi connectivity index (χ4v) is 3.36. The number of para-hydroxylation sites is 1. The number of anilines is 2. The summed E-state index contributed by atoms with van der Waals surface area (Å²) in [6, 6.07) is 13.8. The molecule has 1 amide bonds. The molecule has 0 aliphatic carbocycles. The molecule has 2 heterocycles. The molecule has 0 radical (unpaired) electrons. The van der Waals surface area contributed by atoms with E-state index in [4.69, 9.17) is 4.74 Å². The summed E-state index contributed by atoms with van der Waals surface area (Å²) in [5.74, 6) is 0.645. The lowest BCUT2D eigenvalue weighted by molar-refractivity contribution is 0.0597. The van der Waals surface area contributed by atoms with Crippen LogP contribution in [0.2, 0.25) is 0 Å². The van der Waals surface area contributed by atoms with Crippen molar-refractivity contribution in [2.75, 3.05) is 18.5 Å². The third-order valence-electron chi connectivity index (χ3n) is 4.50. The van der Waals surface area contributed by atoms with Gasteiger partial charge in [0.05, 0.1) is 5.69 Å². The van der Waals surface area contributed by atoms with Crippen molar-refractivity contribution in [2.24, 2.45) is 0 Å². The molecule has 0 bridgehead atoms. The van der Waals surface area contributed by atoms with Gasteiger partial charge in [-0.3, -0.25) is 4.90 Å². The summed E-state index contributed by atoms with van der Waals surface area (Å²) in [5.41, 5.74) is 1.23. The van der Waals surface area contributed by atoms with Crippen LogP contribution in [-0.2, 0) is 4.74 Å². The maximum atomic E-state index is 13.1. The smallest absolute Gasteiger partial charge is 0.420 e. The molecule has 0 N–H and O–H groups in total. The molecule has 1 atom stereocenters. The number of pyridine rings is 1. The normalized spacial score (nSPS) is 17.9. The van der Waals surface area contributed by atoms with Gasteiger partial charge in [-0.2, -0.15) is 0 Å². The molecule has 1 unspecified atom stereocenters. The van der Waals surface area contributed by atoms with Gasteiger partial charge in [-0.05, 0) is 65.4 Å². The van der Waals surface area contributed by atoms with Crippen molar-refractivity contribution in [2.45, 2.75) is 45.3 Å². The summed E-state index contributed by atoms with van der Waals surface area (Å²) in [6.45, 7) is 6.67. The lowest BCUT2D eigenvalue weighted by Crippen LogP contribution is -2.35. The number of aromatic nitrogens is 1. The summed E-state index contributed by atoms with van der Waals surface area (Å²) in [6.07, 6.45) is 3.53. The molecule has 0 saturated carbocycles. The van der Waals surface area contributed by atoms with Crippen LogP contribution < -0.4 is 4.90 Å². The summed E-state index contributed by atoms with van der Waals surface area (Å²) >= 11 is 0. The lowest BCUT2D eigenvalue weighted by Gasteiger charge is -2.30. The van der Waals surface area contributed by atoms with Gasteiger partial charge in [0.2, 0.25) is 0 Å². The molecule has 0 spiro atoms. The van der Waals surface area contributed by atoms with E-state index in [0.717, 1.165) is 30.6 Å². The van der Waals surface area contributed by atoms with Crippen LogP contribution >= 0.6 is 0 Å². The van der Waals surface area contributed by atoms with E-state index in [1.165, 1.54) is 0 Å². The number of ether oxygens (including phenoxy) is 1. The van der Waals surface area contributed by atoms with Crippen LogP contribution in [0, 0.1) is 0 Å². The van der Waals surface area contributed by atoms with Crippen molar-refractivity contribution in [1.82, 2.24) is 9.88 Å². The Kier molecular flexibility index (Phi) is 5.28. The van der Waals surface area contributed by atoms with Crippen LogP contribution in [0.4, 0.5) is 16.3 Å². The molecule has 1 aliphatic rings. The highest BCUT2D eigenvalue weighted by molar-refractivity contribution is 5.96.